The average Bonchev–Trinajstić information content (AvgIpc) is 2.70. The lowest BCUT2D eigenvalue weighted by molar-refractivity contribution is 0.256. The Balaban J connectivity index is 1.66. The van der Waals surface area contributed by atoms with E-state index in [0.717, 1.165) is 22.5 Å². The molecule has 2 amide bonds. The fourth-order valence-corrected chi connectivity index (χ4v) is 2.14. The minimum absolute atomic E-state index is 0.332. The van der Waals surface area contributed by atoms with Crippen LogP contribution in [0.25, 0.3) is 6.08 Å². The normalized spacial score (nSPS) is 12.5. The van der Waals surface area contributed by atoms with Crippen molar-refractivity contribution >= 4 is 29.3 Å². The molecule has 22 heavy (non-hydrogen) atoms. The summed E-state index contributed by atoms with van der Waals surface area (Å²) in [6.07, 6.45) is 3.66. The van der Waals surface area contributed by atoms with Gasteiger partial charge in [-0.25, -0.2) is 4.79 Å². The number of aryl methyl sites for hydroxylation is 1. The van der Waals surface area contributed by atoms with Gasteiger partial charge in [-0.2, -0.15) is 5.10 Å². The molecular weight excluding hydrogens is 276 g/mol. The summed E-state index contributed by atoms with van der Waals surface area (Å²) in [5.74, 6) is 0.446. The van der Waals surface area contributed by atoms with Gasteiger partial charge in [-0.1, -0.05) is 30.3 Å². The predicted octanol–water partition coefficient (Wildman–Crippen LogP) is 3.57. The first-order chi connectivity index (χ1) is 10.7. The lowest BCUT2D eigenvalue weighted by Gasteiger charge is -2.08. The largest absolute Gasteiger partial charge is 0.324 e. The molecule has 2 aromatic carbocycles. The number of carbonyl (C=O) groups is 1. The highest BCUT2D eigenvalue weighted by Gasteiger charge is 2.07. The van der Waals surface area contributed by atoms with Gasteiger partial charge in [0.05, 0.1) is 5.69 Å². The maximum atomic E-state index is 12.0. The van der Waals surface area contributed by atoms with Gasteiger partial charge in [0.1, 0.15) is 0 Å². The molecule has 0 unspecified atom stereocenters. The summed E-state index contributed by atoms with van der Waals surface area (Å²) < 4.78 is 0. The fraction of sp³-hybridized carbons (Fsp3) is 0.0588. The number of hydrogen-bond donors (Lipinski definition) is 3. The van der Waals surface area contributed by atoms with Crippen LogP contribution in [0.15, 0.2) is 59.7 Å². The first-order valence-corrected chi connectivity index (χ1v) is 6.96. The molecule has 0 saturated carbocycles. The monoisotopic (exact) mass is 292 g/mol. The number of amidine groups is 1. The molecule has 3 rings (SSSR count). The van der Waals surface area contributed by atoms with Crippen LogP contribution < -0.4 is 16.1 Å². The van der Waals surface area contributed by atoms with Crippen molar-refractivity contribution in [1.29, 1.82) is 0 Å². The van der Waals surface area contributed by atoms with Gasteiger partial charge in [0.2, 0.25) is 0 Å². The molecule has 5 heteroatoms. The van der Waals surface area contributed by atoms with E-state index in [1.54, 1.807) is 6.08 Å². The fourth-order valence-electron chi connectivity index (χ4n) is 2.14. The summed E-state index contributed by atoms with van der Waals surface area (Å²) in [6, 6.07) is 15.1. The quantitative estimate of drug-likeness (QED) is 0.752. The van der Waals surface area contributed by atoms with Crippen LogP contribution in [0.2, 0.25) is 0 Å². The van der Waals surface area contributed by atoms with Crippen molar-refractivity contribution in [2.75, 3.05) is 10.7 Å². The van der Waals surface area contributed by atoms with Crippen LogP contribution in [0, 0.1) is 6.92 Å². The van der Waals surface area contributed by atoms with E-state index in [-0.39, 0.29) is 6.03 Å². The molecule has 1 aliphatic heterocycles. The molecule has 2 aromatic rings. The van der Waals surface area contributed by atoms with E-state index in [2.05, 4.69) is 21.2 Å². The van der Waals surface area contributed by atoms with E-state index in [0.29, 0.717) is 5.84 Å². The van der Waals surface area contributed by atoms with Gasteiger partial charge >= 0.3 is 6.03 Å². The van der Waals surface area contributed by atoms with Gasteiger partial charge in [0.15, 0.2) is 5.84 Å². The summed E-state index contributed by atoms with van der Waals surface area (Å²) >= 11 is 0. The highest BCUT2D eigenvalue weighted by Crippen LogP contribution is 2.18. The SMILES string of the molecule is Cc1cccc(NC(=O)NC2=NNc3ccccc3C=C2)c1. The maximum Gasteiger partial charge on any atom is 0.324 e. The van der Waals surface area contributed by atoms with Crippen molar-refractivity contribution in [3.05, 3.63) is 65.7 Å². The number of hydrazone groups is 1. The molecule has 0 radical (unpaired) electrons. The first kappa shape index (κ1) is 13.9. The van der Waals surface area contributed by atoms with Crippen LogP contribution in [-0.2, 0) is 0 Å². The summed E-state index contributed by atoms with van der Waals surface area (Å²) in [4.78, 5) is 12.0. The Bertz CT molecular complexity index is 765. The lowest BCUT2D eigenvalue weighted by atomic mass is 10.2. The van der Waals surface area contributed by atoms with Crippen LogP contribution >= 0.6 is 0 Å². The minimum Gasteiger partial charge on any atom is -0.308 e. The molecule has 0 fully saturated rings. The van der Waals surface area contributed by atoms with Crippen molar-refractivity contribution in [2.24, 2.45) is 5.10 Å². The van der Waals surface area contributed by atoms with Crippen molar-refractivity contribution in [3.63, 3.8) is 0 Å². The number of urea groups is 1. The van der Waals surface area contributed by atoms with E-state index in [1.165, 1.54) is 0 Å². The van der Waals surface area contributed by atoms with Crippen LogP contribution in [0.4, 0.5) is 16.2 Å². The summed E-state index contributed by atoms with van der Waals surface area (Å²) in [5.41, 5.74) is 6.68. The number of nitrogens with one attached hydrogen (secondary N) is 3. The third kappa shape index (κ3) is 3.32. The zero-order valence-electron chi connectivity index (χ0n) is 12.1. The second kappa shape index (κ2) is 6.13. The molecule has 0 saturated heterocycles. The molecule has 1 heterocycles. The predicted molar refractivity (Wildman–Crippen MR) is 89.9 cm³/mol. The van der Waals surface area contributed by atoms with Crippen LogP contribution in [0.3, 0.4) is 0 Å². The number of para-hydroxylation sites is 1. The Morgan fingerprint density at radius 3 is 2.77 bits per heavy atom. The van der Waals surface area contributed by atoms with Gasteiger partial charge in [-0.3, -0.25) is 10.7 Å². The number of nitrogens with zero attached hydrogens (tertiary/aromatic N) is 1. The average molecular weight is 292 g/mol. The van der Waals surface area contributed by atoms with Crippen molar-refractivity contribution < 1.29 is 4.79 Å². The third-order valence-electron chi connectivity index (χ3n) is 3.20. The van der Waals surface area contributed by atoms with E-state index in [1.807, 2.05) is 61.5 Å². The highest BCUT2D eigenvalue weighted by molar-refractivity contribution is 6.10. The number of hydrogen-bond acceptors (Lipinski definition) is 3. The Labute approximate surface area is 128 Å². The van der Waals surface area contributed by atoms with E-state index in [9.17, 15) is 4.79 Å². The maximum absolute atomic E-state index is 12.0. The molecule has 0 bridgehead atoms. The number of anilines is 2. The zero-order chi connectivity index (χ0) is 15.4. The second-order valence-electron chi connectivity index (χ2n) is 4.98. The number of carbonyl (C=O) groups excluding carboxylic acids is 1. The molecule has 0 atom stereocenters. The van der Waals surface area contributed by atoms with Crippen molar-refractivity contribution in [3.8, 4) is 0 Å². The Morgan fingerprint density at radius 2 is 1.91 bits per heavy atom. The Kier molecular flexibility index (Phi) is 3.87. The molecule has 5 nitrogen and oxygen atoms in total. The van der Waals surface area contributed by atoms with E-state index < -0.39 is 0 Å². The zero-order valence-corrected chi connectivity index (χ0v) is 12.1. The van der Waals surface area contributed by atoms with Crippen molar-refractivity contribution in [1.82, 2.24) is 5.32 Å². The smallest absolute Gasteiger partial charge is 0.308 e. The number of fused-ring (bicyclic) bond motifs is 1. The Morgan fingerprint density at radius 1 is 1.05 bits per heavy atom. The van der Waals surface area contributed by atoms with Gasteiger partial charge in [0.25, 0.3) is 0 Å². The number of rotatable bonds is 1. The van der Waals surface area contributed by atoms with Gasteiger partial charge in [-0.15, -0.1) is 0 Å². The highest BCUT2D eigenvalue weighted by atomic mass is 16.2. The third-order valence-corrected chi connectivity index (χ3v) is 3.20. The minimum atomic E-state index is -0.332. The molecule has 0 aliphatic carbocycles. The molecule has 0 aromatic heterocycles. The molecular formula is C17H16N4O. The topological polar surface area (TPSA) is 65.5 Å². The molecule has 110 valence electrons. The number of benzene rings is 2. The summed E-state index contributed by atoms with van der Waals surface area (Å²) in [7, 11) is 0. The van der Waals surface area contributed by atoms with Gasteiger partial charge in [-0.05, 0) is 48.4 Å². The van der Waals surface area contributed by atoms with Gasteiger partial charge < -0.3 is 5.32 Å². The molecule has 3 N–H and O–H groups in total. The van der Waals surface area contributed by atoms with Gasteiger partial charge in [0, 0.05) is 5.69 Å². The van der Waals surface area contributed by atoms with E-state index in [4.69, 9.17) is 0 Å². The van der Waals surface area contributed by atoms with Crippen LogP contribution in [0.5, 0.6) is 0 Å². The van der Waals surface area contributed by atoms with E-state index >= 15 is 0 Å². The Hall–Kier alpha value is -3.08. The summed E-state index contributed by atoms with van der Waals surface area (Å²) in [6.45, 7) is 1.97. The number of amides is 2. The van der Waals surface area contributed by atoms with Crippen molar-refractivity contribution in [2.45, 2.75) is 6.92 Å². The standard InChI is InChI=1S/C17H16N4O/c1-12-5-4-7-14(11-12)18-17(22)19-16-10-9-13-6-2-3-8-15(13)20-21-16/h2-11,20H,1H3,(H2,18,19,21,22). The molecule has 0 spiro atoms. The van der Waals surface area contributed by atoms with Crippen LogP contribution in [0.1, 0.15) is 11.1 Å². The summed E-state index contributed by atoms with van der Waals surface area (Å²) in [5, 5.41) is 9.66. The second-order valence-corrected chi connectivity index (χ2v) is 4.98. The first-order valence-electron chi connectivity index (χ1n) is 6.96. The lowest BCUT2D eigenvalue weighted by Crippen LogP contribution is -2.33. The van der Waals surface area contributed by atoms with Crippen LogP contribution in [-0.4, -0.2) is 11.9 Å². The molecule has 1 aliphatic rings.